The van der Waals surface area contributed by atoms with Crippen molar-refractivity contribution in [3.05, 3.63) is 100 Å². The second-order valence-electron chi connectivity index (χ2n) is 7.20. The van der Waals surface area contributed by atoms with Gasteiger partial charge in [0.25, 0.3) is 5.91 Å². The summed E-state index contributed by atoms with van der Waals surface area (Å²) in [5.74, 6) is -0.437. The van der Waals surface area contributed by atoms with E-state index in [9.17, 15) is 14.7 Å². The van der Waals surface area contributed by atoms with Crippen LogP contribution in [0.25, 0.3) is 0 Å². The zero-order chi connectivity index (χ0) is 23.6. The Balaban J connectivity index is 1.93. The molecule has 2 amide bonds. The smallest absolute Gasteiger partial charge is 0.261 e. The van der Waals surface area contributed by atoms with E-state index < -0.39 is 17.9 Å². The molecule has 8 heteroatoms. The quantitative estimate of drug-likeness (QED) is 0.448. The Bertz CT molecular complexity index is 1060. The summed E-state index contributed by atoms with van der Waals surface area (Å²) in [4.78, 5) is 28.0. The van der Waals surface area contributed by atoms with Gasteiger partial charge >= 0.3 is 0 Å². The number of carbonyl (C=O) groups excluding carboxylic acids is 2. The molecular formula is C25H24Cl2N2O4. The molecule has 0 saturated heterocycles. The zero-order valence-electron chi connectivity index (χ0n) is 17.8. The number of benzene rings is 3. The Morgan fingerprint density at radius 2 is 1.61 bits per heavy atom. The summed E-state index contributed by atoms with van der Waals surface area (Å²) in [5.41, 5.74) is 1.43. The standard InChI is InChI=1S/C25H24Cl2N2O4/c26-20-12-10-18(11-13-20)16-29(23(31)17-33-22-9-5-4-8-21(22)27)24(25(32)28-14-15-30)19-6-2-1-3-7-19/h1-13,24,30H,14-17H2,(H,28,32). The van der Waals surface area contributed by atoms with Crippen LogP contribution in [0.1, 0.15) is 17.2 Å². The maximum atomic E-state index is 13.4. The molecule has 0 radical (unpaired) electrons. The fraction of sp³-hybridized carbons (Fsp3) is 0.200. The second-order valence-corrected chi connectivity index (χ2v) is 8.04. The van der Waals surface area contributed by atoms with E-state index in [1.54, 1.807) is 72.8 Å². The molecule has 0 saturated carbocycles. The molecule has 0 aliphatic heterocycles. The van der Waals surface area contributed by atoms with Crippen molar-refractivity contribution < 1.29 is 19.4 Å². The lowest BCUT2D eigenvalue weighted by atomic mass is 10.0. The molecule has 0 aliphatic rings. The van der Waals surface area contributed by atoms with Crippen LogP contribution < -0.4 is 10.1 Å². The fourth-order valence-electron chi connectivity index (χ4n) is 3.28. The number of rotatable bonds is 10. The third-order valence-corrected chi connectivity index (χ3v) is 5.42. The van der Waals surface area contributed by atoms with Crippen LogP contribution in [-0.4, -0.2) is 41.6 Å². The average molecular weight is 487 g/mol. The number of halogens is 2. The van der Waals surface area contributed by atoms with Gasteiger partial charge in [0.15, 0.2) is 6.61 Å². The van der Waals surface area contributed by atoms with E-state index in [1.165, 1.54) is 4.90 Å². The summed E-state index contributed by atoms with van der Waals surface area (Å²) < 4.78 is 5.67. The lowest BCUT2D eigenvalue weighted by molar-refractivity contribution is -0.143. The first-order chi connectivity index (χ1) is 16.0. The summed E-state index contributed by atoms with van der Waals surface area (Å²) in [6, 6.07) is 22.0. The molecule has 0 aliphatic carbocycles. The van der Waals surface area contributed by atoms with Gasteiger partial charge in [0.1, 0.15) is 11.8 Å². The number of aliphatic hydroxyl groups excluding tert-OH is 1. The number of ether oxygens (including phenoxy) is 1. The Labute approximate surface area is 202 Å². The van der Waals surface area contributed by atoms with E-state index in [1.807, 2.05) is 6.07 Å². The van der Waals surface area contributed by atoms with E-state index in [0.29, 0.717) is 21.4 Å². The van der Waals surface area contributed by atoms with Gasteiger partial charge in [0.2, 0.25) is 5.91 Å². The van der Waals surface area contributed by atoms with Gasteiger partial charge in [-0.2, -0.15) is 0 Å². The van der Waals surface area contributed by atoms with E-state index in [4.69, 9.17) is 27.9 Å². The number of para-hydroxylation sites is 1. The molecular weight excluding hydrogens is 463 g/mol. The van der Waals surface area contributed by atoms with Gasteiger partial charge in [-0.05, 0) is 35.4 Å². The van der Waals surface area contributed by atoms with Crippen LogP contribution in [0.3, 0.4) is 0 Å². The molecule has 172 valence electrons. The van der Waals surface area contributed by atoms with Crippen molar-refractivity contribution in [1.82, 2.24) is 10.2 Å². The fourth-order valence-corrected chi connectivity index (χ4v) is 3.59. The SMILES string of the molecule is O=C(NCCO)C(c1ccccc1)N(Cc1ccc(Cl)cc1)C(=O)COc1ccccc1Cl. The monoisotopic (exact) mass is 486 g/mol. The summed E-state index contributed by atoms with van der Waals surface area (Å²) >= 11 is 12.2. The van der Waals surface area contributed by atoms with E-state index in [2.05, 4.69) is 5.32 Å². The summed E-state index contributed by atoms with van der Waals surface area (Å²) in [7, 11) is 0. The maximum Gasteiger partial charge on any atom is 0.261 e. The highest BCUT2D eigenvalue weighted by atomic mass is 35.5. The van der Waals surface area contributed by atoms with Gasteiger partial charge in [-0.3, -0.25) is 9.59 Å². The van der Waals surface area contributed by atoms with Gasteiger partial charge in [-0.25, -0.2) is 0 Å². The van der Waals surface area contributed by atoms with Crippen LogP contribution in [0.4, 0.5) is 0 Å². The molecule has 0 bridgehead atoms. The maximum absolute atomic E-state index is 13.4. The number of nitrogens with zero attached hydrogens (tertiary/aromatic N) is 1. The van der Waals surface area contributed by atoms with Crippen LogP contribution in [0.5, 0.6) is 5.75 Å². The molecule has 3 aromatic carbocycles. The Morgan fingerprint density at radius 1 is 0.939 bits per heavy atom. The molecule has 1 atom stereocenters. The van der Waals surface area contributed by atoms with Crippen molar-refractivity contribution in [1.29, 1.82) is 0 Å². The van der Waals surface area contributed by atoms with E-state index in [0.717, 1.165) is 5.56 Å². The predicted octanol–water partition coefficient (Wildman–Crippen LogP) is 4.25. The molecule has 6 nitrogen and oxygen atoms in total. The van der Waals surface area contributed by atoms with Crippen molar-refractivity contribution >= 4 is 35.0 Å². The summed E-state index contributed by atoms with van der Waals surface area (Å²) in [5, 5.41) is 12.8. The number of hydrogen-bond acceptors (Lipinski definition) is 4. The molecule has 0 aromatic heterocycles. The normalized spacial score (nSPS) is 11.5. The Kier molecular flexibility index (Phi) is 9.13. The van der Waals surface area contributed by atoms with Crippen molar-refractivity contribution in [3.63, 3.8) is 0 Å². The summed E-state index contributed by atoms with van der Waals surface area (Å²) in [6.45, 7) is -0.308. The van der Waals surface area contributed by atoms with Gasteiger partial charge < -0.3 is 20.1 Å². The highest BCUT2D eigenvalue weighted by molar-refractivity contribution is 6.32. The van der Waals surface area contributed by atoms with Gasteiger partial charge in [0, 0.05) is 18.1 Å². The van der Waals surface area contributed by atoms with E-state index in [-0.39, 0.29) is 26.3 Å². The number of carbonyl (C=O) groups is 2. The molecule has 0 fully saturated rings. The number of nitrogens with one attached hydrogen (secondary N) is 1. The first-order valence-electron chi connectivity index (χ1n) is 10.3. The lowest BCUT2D eigenvalue weighted by Crippen LogP contribution is -2.45. The predicted molar refractivity (Wildman–Crippen MR) is 128 cm³/mol. The topological polar surface area (TPSA) is 78.9 Å². The van der Waals surface area contributed by atoms with Crippen LogP contribution in [0.15, 0.2) is 78.9 Å². The number of aliphatic hydroxyl groups is 1. The Morgan fingerprint density at radius 3 is 2.27 bits per heavy atom. The molecule has 2 N–H and O–H groups in total. The van der Waals surface area contributed by atoms with Crippen LogP contribution in [-0.2, 0) is 16.1 Å². The first kappa shape index (κ1) is 24.6. The summed E-state index contributed by atoms with van der Waals surface area (Å²) in [6.07, 6.45) is 0. The second kappa shape index (κ2) is 12.3. The Hall–Kier alpha value is -3.06. The highest BCUT2D eigenvalue weighted by Crippen LogP contribution is 2.26. The molecule has 3 rings (SSSR count). The third-order valence-electron chi connectivity index (χ3n) is 4.86. The average Bonchev–Trinajstić information content (AvgIpc) is 2.83. The highest BCUT2D eigenvalue weighted by Gasteiger charge is 2.31. The molecule has 0 spiro atoms. The minimum absolute atomic E-state index is 0.0707. The molecule has 1 unspecified atom stereocenters. The number of amides is 2. The van der Waals surface area contributed by atoms with Crippen molar-refractivity contribution in [2.24, 2.45) is 0 Å². The van der Waals surface area contributed by atoms with Gasteiger partial charge in [-0.15, -0.1) is 0 Å². The lowest BCUT2D eigenvalue weighted by Gasteiger charge is -2.31. The van der Waals surface area contributed by atoms with Gasteiger partial charge in [-0.1, -0.05) is 77.8 Å². The minimum Gasteiger partial charge on any atom is -0.482 e. The van der Waals surface area contributed by atoms with Crippen LogP contribution >= 0.6 is 23.2 Å². The van der Waals surface area contributed by atoms with Crippen molar-refractivity contribution in [2.45, 2.75) is 12.6 Å². The number of hydrogen-bond donors (Lipinski definition) is 2. The van der Waals surface area contributed by atoms with Crippen molar-refractivity contribution in [3.8, 4) is 5.75 Å². The molecule has 0 heterocycles. The minimum atomic E-state index is -0.934. The van der Waals surface area contributed by atoms with Crippen LogP contribution in [0, 0.1) is 0 Å². The largest absolute Gasteiger partial charge is 0.482 e. The zero-order valence-corrected chi connectivity index (χ0v) is 19.3. The van der Waals surface area contributed by atoms with E-state index >= 15 is 0 Å². The molecule has 33 heavy (non-hydrogen) atoms. The third kappa shape index (κ3) is 6.96. The van der Waals surface area contributed by atoms with Gasteiger partial charge in [0.05, 0.1) is 11.6 Å². The van der Waals surface area contributed by atoms with Crippen LogP contribution in [0.2, 0.25) is 10.0 Å². The molecule has 3 aromatic rings. The van der Waals surface area contributed by atoms with Crippen molar-refractivity contribution in [2.75, 3.05) is 19.8 Å². The first-order valence-corrected chi connectivity index (χ1v) is 11.1.